The zero-order valence-electron chi connectivity index (χ0n) is 7.83. The van der Waals surface area contributed by atoms with Gasteiger partial charge in [0.2, 0.25) is 0 Å². The first kappa shape index (κ1) is 9.19. The summed E-state index contributed by atoms with van der Waals surface area (Å²) >= 11 is 0. The second kappa shape index (κ2) is 3.78. The third kappa shape index (κ3) is 1.50. The van der Waals surface area contributed by atoms with E-state index in [9.17, 15) is 4.39 Å². The van der Waals surface area contributed by atoms with Gasteiger partial charge >= 0.3 is 0 Å². The van der Waals surface area contributed by atoms with Crippen LogP contribution in [0, 0.1) is 5.82 Å². The molecular formula is C11H12FNO. The highest BCUT2D eigenvalue weighted by Crippen LogP contribution is 2.23. The van der Waals surface area contributed by atoms with Gasteiger partial charge in [0, 0.05) is 5.56 Å². The summed E-state index contributed by atoms with van der Waals surface area (Å²) in [6, 6.07) is 4.93. The Balaban J connectivity index is 2.55. The van der Waals surface area contributed by atoms with E-state index in [1.54, 1.807) is 6.07 Å². The predicted octanol–water partition coefficient (Wildman–Crippen LogP) is 2.73. The maximum absolute atomic E-state index is 13.4. The van der Waals surface area contributed by atoms with Crippen LogP contribution in [0.15, 0.2) is 23.4 Å². The van der Waals surface area contributed by atoms with Crippen LogP contribution in [-0.4, -0.2) is 10.9 Å². The number of oxime groups is 1. The van der Waals surface area contributed by atoms with Gasteiger partial charge in [0.15, 0.2) is 0 Å². The number of nitrogens with zero attached hydrogens (tertiary/aromatic N) is 1. The average Bonchev–Trinajstić information content (AvgIpc) is 2.40. The lowest BCUT2D eigenvalue weighted by molar-refractivity contribution is 0.318. The first-order valence-corrected chi connectivity index (χ1v) is 4.81. The fourth-order valence-electron chi connectivity index (χ4n) is 1.92. The van der Waals surface area contributed by atoms with Crippen LogP contribution >= 0.6 is 0 Å². The number of fused-ring (bicyclic) bond motifs is 1. The molecule has 3 heteroatoms. The Morgan fingerprint density at radius 3 is 2.79 bits per heavy atom. The van der Waals surface area contributed by atoms with Crippen LogP contribution in [-0.2, 0) is 6.42 Å². The molecule has 1 aliphatic rings. The lowest BCUT2D eigenvalue weighted by atomic mass is 10.0. The zero-order chi connectivity index (χ0) is 9.97. The summed E-state index contributed by atoms with van der Waals surface area (Å²) in [4.78, 5) is 0. The van der Waals surface area contributed by atoms with Crippen molar-refractivity contribution in [2.24, 2.45) is 5.16 Å². The van der Waals surface area contributed by atoms with Crippen LogP contribution in [0.25, 0.3) is 0 Å². The van der Waals surface area contributed by atoms with E-state index >= 15 is 0 Å². The molecule has 0 aromatic heterocycles. The standard InChI is InChI=1S/C11H12FNO/c12-10-6-3-5-9-8(10)4-1-2-7-11(9)13-14/h3,5-6,14H,1-2,4,7H2/b13-11+. The Labute approximate surface area is 82.1 Å². The fraction of sp³-hybridized carbons (Fsp3) is 0.364. The first-order chi connectivity index (χ1) is 6.83. The normalized spacial score (nSPS) is 19.1. The maximum atomic E-state index is 13.4. The molecule has 0 fully saturated rings. The van der Waals surface area contributed by atoms with Crippen molar-refractivity contribution in [1.29, 1.82) is 0 Å². The molecule has 1 aromatic rings. The van der Waals surface area contributed by atoms with Gasteiger partial charge in [-0.05, 0) is 37.3 Å². The summed E-state index contributed by atoms with van der Waals surface area (Å²) < 4.78 is 13.4. The number of halogens is 1. The minimum absolute atomic E-state index is 0.189. The van der Waals surface area contributed by atoms with Gasteiger partial charge < -0.3 is 5.21 Å². The molecule has 2 nitrogen and oxygen atoms in total. The highest BCUT2D eigenvalue weighted by Gasteiger charge is 2.16. The number of benzene rings is 1. The third-order valence-corrected chi connectivity index (χ3v) is 2.64. The molecule has 0 heterocycles. The smallest absolute Gasteiger partial charge is 0.127 e. The Bertz CT molecular complexity index is 374. The van der Waals surface area contributed by atoms with Gasteiger partial charge in [0.05, 0.1) is 5.71 Å². The van der Waals surface area contributed by atoms with Gasteiger partial charge in [-0.25, -0.2) is 4.39 Å². The third-order valence-electron chi connectivity index (χ3n) is 2.64. The van der Waals surface area contributed by atoms with Crippen molar-refractivity contribution in [3.63, 3.8) is 0 Å². The van der Waals surface area contributed by atoms with Crippen molar-refractivity contribution in [3.8, 4) is 0 Å². The summed E-state index contributed by atoms with van der Waals surface area (Å²) in [6.07, 6.45) is 3.37. The molecule has 0 saturated heterocycles. The van der Waals surface area contributed by atoms with Gasteiger partial charge in [0.25, 0.3) is 0 Å². The molecule has 0 aliphatic heterocycles. The zero-order valence-corrected chi connectivity index (χ0v) is 7.83. The summed E-state index contributed by atoms with van der Waals surface area (Å²) in [6.45, 7) is 0. The Morgan fingerprint density at radius 1 is 1.21 bits per heavy atom. The molecule has 2 rings (SSSR count). The van der Waals surface area contributed by atoms with E-state index in [2.05, 4.69) is 5.16 Å². The molecule has 0 spiro atoms. The van der Waals surface area contributed by atoms with Crippen LogP contribution in [0.2, 0.25) is 0 Å². The number of rotatable bonds is 0. The molecule has 14 heavy (non-hydrogen) atoms. The molecule has 1 N–H and O–H groups in total. The lowest BCUT2D eigenvalue weighted by Gasteiger charge is -2.06. The molecule has 1 aromatic carbocycles. The van der Waals surface area contributed by atoms with E-state index in [1.807, 2.05) is 6.07 Å². The van der Waals surface area contributed by atoms with Crippen molar-refractivity contribution in [2.45, 2.75) is 25.7 Å². The molecule has 0 amide bonds. The number of hydrogen-bond donors (Lipinski definition) is 1. The monoisotopic (exact) mass is 193 g/mol. The minimum Gasteiger partial charge on any atom is -0.411 e. The Kier molecular flexibility index (Phi) is 2.48. The second-order valence-corrected chi connectivity index (χ2v) is 3.52. The first-order valence-electron chi connectivity index (χ1n) is 4.81. The van der Waals surface area contributed by atoms with Gasteiger partial charge in [-0.2, -0.15) is 0 Å². The molecule has 0 bridgehead atoms. The van der Waals surface area contributed by atoms with Crippen molar-refractivity contribution in [2.75, 3.05) is 0 Å². The molecular weight excluding hydrogens is 181 g/mol. The average molecular weight is 193 g/mol. The van der Waals surface area contributed by atoms with E-state index in [4.69, 9.17) is 5.21 Å². The minimum atomic E-state index is -0.189. The summed E-state index contributed by atoms with van der Waals surface area (Å²) in [5.74, 6) is -0.189. The second-order valence-electron chi connectivity index (χ2n) is 3.52. The van der Waals surface area contributed by atoms with Crippen molar-refractivity contribution in [1.82, 2.24) is 0 Å². The molecule has 1 aliphatic carbocycles. The summed E-state index contributed by atoms with van der Waals surface area (Å²) in [5.41, 5.74) is 2.07. The Hall–Kier alpha value is -1.38. The highest BCUT2D eigenvalue weighted by atomic mass is 19.1. The van der Waals surface area contributed by atoms with Crippen LogP contribution in [0.4, 0.5) is 4.39 Å². The molecule has 0 atom stereocenters. The van der Waals surface area contributed by atoms with Crippen LogP contribution in [0.5, 0.6) is 0 Å². The fourth-order valence-corrected chi connectivity index (χ4v) is 1.92. The van der Waals surface area contributed by atoms with Gasteiger partial charge in [0.1, 0.15) is 5.82 Å². The van der Waals surface area contributed by atoms with Crippen LogP contribution in [0.1, 0.15) is 30.4 Å². The quantitative estimate of drug-likeness (QED) is 0.383. The molecule has 0 radical (unpaired) electrons. The van der Waals surface area contributed by atoms with Crippen molar-refractivity contribution < 1.29 is 9.60 Å². The van der Waals surface area contributed by atoms with Gasteiger partial charge in [-0.3, -0.25) is 0 Å². The molecule has 0 unspecified atom stereocenters. The topological polar surface area (TPSA) is 32.6 Å². The van der Waals surface area contributed by atoms with Crippen molar-refractivity contribution >= 4 is 5.71 Å². The largest absolute Gasteiger partial charge is 0.411 e. The molecule has 74 valence electrons. The van der Waals surface area contributed by atoms with E-state index in [-0.39, 0.29) is 5.82 Å². The van der Waals surface area contributed by atoms with Gasteiger partial charge in [-0.1, -0.05) is 17.3 Å². The molecule has 0 saturated carbocycles. The van der Waals surface area contributed by atoms with E-state index in [0.29, 0.717) is 11.3 Å². The van der Waals surface area contributed by atoms with Crippen LogP contribution < -0.4 is 0 Å². The van der Waals surface area contributed by atoms with E-state index in [1.165, 1.54) is 6.07 Å². The van der Waals surface area contributed by atoms with Crippen LogP contribution in [0.3, 0.4) is 0 Å². The lowest BCUT2D eigenvalue weighted by Crippen LogP contribution is -2.03. The summed E-state index contributed by atoms with van der Waals surface area (Å²) in [5, 5.41) is 12.1. The maximum Gasteiger partial charge on any atom is 0.127 e. The number of hydrogen-bond acceptors (Lipinski definition) is 2. The van der Waals surface area contributed by atoms with Crippen molar-refractivity contribution in [3.05, 3.63) is 35.1 Å². The van der Waals surface area contributed by atoms with Gasteiger partial charge in [-0.15, -0.1) is 0 Å². The Morgan fingerprint density at radius 2 is 2.00 bits per heavy atom. The highest BCUT2D eigenvalue weighted by molar-refractivity contribution is 6.01. The SMILES string of the molecule is O/N=C1\CCCCc2c(F)cccc21. The van der Waals surface area contributed by atoms with E-state index in [0.717, 1.165) is 31.2 Å². The van der Waals surface area contributed by atoms with E-state index < -0.39 is 0 Å². The summed E-state index contributed by atoms with van der Waals surface area (Å²) in [7, 11) is 0. The predicted molar refractivity (Wildman–Crippen MR) is 52.3 cm³/mol.